The highest BCUT2D eigenvalue weighted by molar-refractivity contribution is 5.83. The van der Waals surface area contributed by atoms with Gasteiger partial charge in [-0.25, -0.2) is 19.9 Å². The second kappa shape index (κ2) is 54.7. The van der Waals surface area contributed by atoms with Crippen LogP contribution in [0, 0.1) is 66.2 Å². The zero-order valence-electron chi connectivity index (χ0n) is 88.5. The summed E-state index contributed by atoms with van der Waals surface area (Å²) in [6, 6.07) is 30.6. The van der Waals surface area contributed by atoms with Crippen molar-refractivity contribution in [1.29, 1.82) is 0 Å². The maximum Gasteiger partial charge on any atom is 0.192 e. The van der Waals surface area contributed by atoms with Crippen molar-refractivity contribution in [2.75, 3.05) is 7.11 Å². The summed E-state index contributed by atoms with van der Waals surface area (Å²) in [6.07, 6.45) is 46.2. The van der Waals surface area contributed by atoms with E-state index in [0.717, 1.165) is 182 Å². The highest BCUT2D eigenvalue weighted by atomic mass is 16.5. The van der Waals surface area contributed by atoms with Gasteiger partial charge in [0.25, 0.3) is 0 Å². The summed E-state index contributed by atoms with van der Waals surface area (Å²) in [6.45, 7) is 50.1. The summed E-state index contributed by atoms with van der Waals surface area (Å²) < 4.78 is 30.2. The predicted octanol–water partition coefficient (Wildman–Crippen LogP) is 33.0. The van der Waals surface area contributed by atoms with E-state index in [-0.39, 0.29) is 29.1 Å². The quantitative estimate of drug-likeness (QED) is 0.0268. The molecule has 0 bridgehead atoms. The van der Waals surface area contributed by atoms with Gasteiger partial charge in [0.1, 0.15) is 44.8 Å². The van der Waals surface area contributed by atoms with Gasteiger partial charge in [0.2, 0.25) is 0 Å². The molecular weight excluding hydrogens is 1720 g/mol. The van der Waals surface area contributed by atoms with Crippen molar-refractivity contribution in [2.24, 2.45) is 17.8 Å². The molecule has 4 aromatic rings. The summed E-state index contributed by atoms with van der Waals surface area (Å²) in [5, 5.41) is 22.3. The van der Waals surface area contributed by atoms with Crippen molar-refractivity contribution >= 4 is 44.4 Å². The number of nitrogens with zero attached hydrogens (tertiary/aromatic N) is 4. The normalized spacial score (nSPS) is 13.5. The monoisotopic (exact) mass is 1890 g/mol. The zero-order chi connectivity index (χ0) is 101. The molecule has 0 spiro atoms. The van der Waals surface area contributed by atoms with Crippen LogP contribution in [0.1, 0.15) is 347 Å². The third-order valence-electron chi connectivity index (χ3n) is 27.6. The van der Waals surface area contributed by atoms with Gasteiger partial charge in [0, 0.05) is 44.5 Å². The summed E-state index contributed by atoms with van der Waals surface area (Å²) in [4.78, 5) is 71.7. The van der Waals surface area contributed by atoms with Crippen LogP contribution in [0.2, 0.25) is 0 Å². The van der Waals surface area contributed by atoms with Crippen molar-refractivity contribution in [3.8, 4) is 51.6 Å². The second-order valence-electron chi connectivity index (χ2n) is 41.3. The fourth-order valence-electron chi connectivity index (χ4n) is 18.2. The molecule has 15 heteroatoms. The number of ether oxygens (including phenoxy) is 1. The van der Waals surface area contributed by atoms with Crippen LogP contribution in [0.25, 0.3) is 90.2 Å². The average molecular weight is 1890 g/mol. The molecule has 4 aromatic carbocycles. The molecule has 12 rings (SSSR count). The number of methoxy groups -OCH3 is 1. The molecular formula is C124H166N4O11. The van der Waals surface area contributed by atoms with Gasteiger partial charge in [-0.2, -0.15) is 0 Å². The molecule has 15 nitrogen and oxygen atoms in total. The fourth-order valence-corrected chi connectivity index (χ4v) is 18.2. The first-order valence-corrected chi connectivity index (χ1v) is 51.1. The molecule has 0 aromatic heterocycles. The van der Waals surface area contributed by atoms with Gasteiger partial charge in [-0.15, -0.1) is 0 Å². The maximum absolute atomic E-state index is 13.2. The Bertz CT molecular complexity index is 6440. The Kier molecular flexibility index (Phi) is 44.6. The summed E-state index contributed by atoms with van der Waals surface area (Å²) in [7, 11) is 1.57. The van der Waals surface area contributed by atoms with Crippen molar-refractivity contribution in [1.82, 2.24) is 19.9 Å². The first-order valence-electron chi connectivity index (χ1n) is 51.1. The lowest BCUT2D eigenvalue weighted by Crippen LogP contribution is -2.27. The number of aromatic nitrogens is 4. The van der Waals surface area contributed by atoms with Crippen LogP contribution in [0.15, 0.2) is 227 Å². The molecule has 0 unspecified atom stereocenters. The van der Waals surface area contributed by atoms with Crippen molar-refractivity contribution in [3.05, 3.63) is 292 Å². The van der Waals surface area contributed by atoms with Gasteiger partial charge in [-0.05, 0) is 356 Å². The average Bonchev–Trinajstić information content (AvgIpc) is 0.769. The van der Waals surface area contributed by atoms with Crippen LogP contribution in [-0.4, -0.2) is 48.5 Å². The Morgan fingerprint density at radius 2 is 0.597 bits per heavy atom. The zero-order valence-corrected chi connectivity index (χ0v) is 88.5. The first-order chi connectivity index (χ1) is 65.7. The number of hydrogen-bond donors (Lipinski definition) is 2. The van der Waals surface area contributed by atoms with Gasteiger partial charge >= 0.3 is 0 Å². The Balaban J connectivity index is 0.000000228. The Morgan fingerprint density at radius 3 is 0.921 bits per heavy atom. The van der Waals surface area contributed by atoms with Crippen molar-refractivity contribution in [3.63, 3.8) is 0 Å². The van der Waals surface area contributed by atoms with E-state index in [4.69, 9.17) is 42.3 Å². The van der Waals surface area contributed by atoms with Crippen LogP contribution >= 0.6 is 0 Å². The third kappa shape index (κ3) is 33.6. The number of rotatable bonds is 43. The van der Waals surface area contributed by atoms with Gasteiger partial charge in [-0.1, -0.05) is 228 Å². The van der Waals surface area contributed by atoms with E-state index in [2.05, 4.69) is 152 Å². The number of allylic oxidation sites excluding steroid dienone is 16. The molecule has 4 atom stereocenters. The van der Waals surface area contributed by atoms with Crippen molar-refractivity contribution < 1.29 is 32.6 Å². The van der Waals surface area contributed by atoms with E-state index in [9.17, 15) is 29.4 Å². The number of benzene rings is 8. The fraction of sp³-hybridized carbons (Fsp3) is 0.484. The van der Waals surface area contributed by atoms with Crippen LogP contribution in [0.3, 0.4) is 0 Å². The first kappa shape index (κ1) is 113. The molecule has 2 N–H and O–H groups in total. The molecule has 0 radical (unpaired) electrons. The number of aliphatic hydroxyl groups is 2. The lowest BCUT2D eigenvalue weighted by Gasteiger charge is -2.25. The van der Waals surface area contributed by atoms with Crippen LogP contribution in [-0.2, 0) is 25.7 Å². The number of hydrogen-bond acceptors (Lipinski definition) is 15. The van der Waals surface area contributed by atoms with Crippen LogP contribution < -0.4 is 26.5 Å². The molecule has 748 valence electrons. The van der Waals surface area contributed by atoms with Gasteiger partial charge < -0.3 is 32.6 Å². The van der Waals surface area contributed by atoms with E-state index in [0.29, 0.717) is 141 Å². The molecule has 0 saturated heterocycles. The smallest absolute Gasteiger partial charge is 0.192 e. The summed E-state index contributed by atoms with van der Waals surface area (Å²) in [5.41, 5.74) is 26.2. The Labute approximate surface area is 831 Å². The lowest BCUT2D eigenvalue weighted by atomic mass is 9.87. The number of fused-ring (bicyclic) bond motifs is 8. The molecule has 139 heavy (non-hydrogen) atoms. The SMILES string of the molecule is C.CC(C)=CCC/C(C)=C/CC/C(C)=C/CC[C@@](C)(O)CCc1c2oc3ccccc3nc-2c(C)c(C)c1=O.CC(C)=CCC/C(C)=C/CC/C(C)=C/CCc1c2oc3ccccc3nc-2c(C)c(C)c1=O.COc1c2nc3ccccc3oc-2c(CC/C=C(\C)CCC=C(C)C)c(=O)c1C.Cc1c2nc3ccccc3oc-2c(CC[C@](C)(O)CCC[C@H](C)CCC[C@H](C)CCCC(C)C)c(=O)c1C. The lowest BCUT2D eigenvalue weighted by molar-refractivity contribution is 0.0385. The van der Waals surface area contributed by atoms with Gasteiger partial charge in [0.05, 0.1) is 18.3 Å². The molecule has 4 aliphatic heterocycles. The minimum Gasteiger partial charge on any atom is -0.494 e. The Hall–Kier alpha value is -11.0. The highest BCUT2D eigenvalue weighted by Gasteiger charge is 2.31. The molecule has 0 fully saturated rings. The Morgan fingerprint density at radius 1 is 0.331 bits per heavy atom. The minimum absolute atomic E-state index is 0. The van der Waals surface area contributed by atoms with E-state index in [1.807, 2.05) is 152 Å². The van der Waals surface area contributed by atoms with Gasteiger partial charge in [0.15, 0.2) is 72.8 Å². The molecule has 8 aliphatic rings. The molecule has 0 saturated carbocycles. The van der Waals surface area contributed by atoms with Crippen molar-refractivity contribution in [2.45, 2.75) is 371 Å². The standard InChI is InChI=1S/C34H51NO3.C34H45NO3.C30H37NO2.C25H29NO3.CH4/c2*1-23(2)13-10-14-24(3)15-11-16-25(4)17-12-21-34(7,37)22-20-28-32(36)27(6)26(5)31-33(28)38-30-19-9-8-18-29(30)35-31;1-20(2)12-9-13-21(3)14-10-15-22(4)16-11-17-25-29(32)24(6)23(5)28-30(25)33-27-19-8-7-18-26(27)31-28;1-16(2)10-8-11-17(3)12-9-13-19-23(27)18(4)24(28-5)22-25(19)29-21-15-7-6-14-20(21)26-22;/h8-9,18-19,23-25,37H,10-17,20-22H2,1-7H3;8-9,13,15,17-19,37H,10-12,14,16,20-22H2,1-7H3;7-8,12,14,16,18-19H,9-11,13,15,17H2,1-6H3;6-7,10,12,14-15H,8-9,11,13H2,1-5H3;1H4/b;24-15+,25-17+;21-14+,22-16+;17-12+;/t24-,25-,34-;34-;;;/m11.../s1. The van der Waals surface area contributed by atoms with Crippen LogP contribution in [0.4, 0.5) is 0 Å². The molecule has 4 aliphatic carbocycles. The molecule has 0 amide bonds. The van der Waals surface area contributed by atoms with Gasteiger partial charge in [-0.3, -0.25) is 19.2 Å². The number of para-hydroxylation sites is 8. The van der Waals surface area contributed by atoms with E-state index in [1.54, 1.807) is 14.0 Å². The maximum atomic E-state index is 13.2. The van der Waals surface area contributed by atoms with E-state index < -0.39 is 11.2 Å². The van der Waals surface area contributed by atoms with E-state index >= 15 is 0 Å². The molecule has 4 heterocycles. The topological polar surface area (TPSA) is 222 Å². The summed E-state index contributed by atoms with van der Waals surface area (Å²) in [5.74, 6) is 5.12. The minimum atomic E-state index is -0.875. The second-order valence-corrected chi connectivity index (χ2v) is 41.3. The largest absolute Gasteiger partial charge is 0.494 e. The predicted molar refractivity (Wildman–Crippen MR) is 586 cm³/mol. The highest BCUT2D eigenvalue weighted by Crippen LogP contribution is 2.40. The third-order valence-corrected chi connectivity index (χ3v) is 27.6. The summed E-state index contributed by atoms with van der Waals surface area (Å²) >= 11 is 0. The van der Waals surface area contributed by atoms with E-state index in [1.165, 1.54) is 83.1 Å². The van der Waals surface area contributed by atoms with Crippen LogP contribution in [0.5, 0.6) is 5.75 Å².